The minimum atomic E-state index is -1.42. The first-order valence-electron chi connectivity index (χ1n) is 9.14. The van der Waals surface area contributed by atoms with Crippen molar-refractivity contribution in [1.82, 2.24) is 0 Å². The van der Waals surface area contributed by atoms with E-state index in [1.165, 1.54) is 11.1 Å². The topological polar surface area (TPSA) is 0 Å². The van der Waals surface area contributed by atoms with Crippen molar-refractivity contribution in [3.05, 3.63) is 83.2 Å². The molecule has 0 aliphatic heterocycles. The van der Waals surface area contributed by atoms with E-state index in [9.17, 15) is 0 Å². The van der Waals surface area contributed by atoms with Gasteiger partial charge in [0.2, 0.25) is 0 Å². The van der Waals surface area contributed by atoms with Crippen LogP contribution in [0.3, 0.4) is 0 Å². The van der Waals surface area contributed by atoms with E-state index in [1.807, 2.05) is 0 Å². The van der Waals surface area contributed by atoms with E-state index in [2.05, 4.69) is 123 Å². The lowest BCUT2D eigenvalue weighted by Crippen LogP contribution is -2.68. The number of benzene rings is 2. The third-order valence-electron chi connectivity index (χ3n) is 6.21. The van der Waals surface area contributed by atoms with Gasteiger partial charge in [-0.25, -0.2) is 0 Å². The largest absolute Gasteiger partial charge is 0.0967 e. The van der Waals surface area contributed by atoms with Gasteiger partial charge >= 0.3 is 0 Å². The van der Waals surface area contributed by atoms with Gasteiger partial charge in [0.25, 0.3) is 0 Å². The highest BCUT2D eigenvalue weighted by Crippen LogP contribution is 2.31. The summed E-state index contributed by atoms with van der Waals surface area (Å²) in [5.41, 5.74) is 7.85. The van der Waals surface area contributed by atoms with E-state index in [0.29, 0.717) is 0 Å². The van der Waals surface area contributed by atoms with Crippen LogP contribution in [0.15, 0.2) is 72.1 Å². The Bertz CT molecular complexity index is 663. The van der Waals surface area contributed by atoms with E-state index in [4.69, 9.17) is 0 Å². The highest BCUT2D eigenvalue weighted by Gasteiger charge is 2.49. The Morgan fingerprint density at radius 3 is 1.16 bits per heavy atom. The molecule has 0 fully saturated rings. The molecule has 0 nitrogen and oxygen atoms in total. The van der Waals surface area contributed by atoms with Crippen molar-refractivity contribution >= 4 is 34.4 Å². The first kappa shape index (κ1) is 19.9. The predicted octanol–water partition coefficient (Wildman–Crippen LogP) is 6.77. The molecule has 0 aliphatic rings. The van der Waals surface area contributed by atoms with E-state index in [0.717, 1.165) is 0 Å². The first-order valence-corrected chi connectivity index (χ1v) is 20.3. The minimum Gasteiger partial charge on any atom is -0.0967 e. The molecule has 25 heavy (non-hydrogen) atoms. The van der Waals surface area contributed by atoms with Gasteiger partial charge in [0.1, 0.15) is 0 Å². The lowest BCUT2D eigenvalue weighted by Gasteiger charge is -2.46. The van der Waals surface area contributed by atoms with Crippen LogP contribution in [-0.2, 0) is 0 Å². The second-order valence-corrected chi connectivity index (χ2v) is 36.1. The van der Waals surface area contributed by atoms with E-state index < -0.39 is 22.3 Å². The molecule has 2 aromatic carbocycles. The third kappa shape index (κ3) is 4.81. The summed E-state index contributed by atoms with van der Waals surface area (Å²) in [6.45, 7) is 15.6. The monoisotopic (exact) mass is 380 g/mol. The number of hydrogen-bond donors (Lipinski definition) is 0. The first-order chi connectivity index (χ1) is 11.7. The summed E-state index contributed by atoms with van der Waals surface area (Å²) in [4.78, 5) is 0. The Morgan fingerprint density at radius 2 is 0.840 bits per heavy atom. The van der Waals surface area contributed by atoms with Gasteiger partial charge < -0.3 is 0 Å². The van der Waals surface area contributed by atoms with Gasteiger partial charge in [0.15, 0.2) is 0 Å². The molecule has 0 amide bonds. The summed E-state index contributed by atoms with van der Waals surface area (Å²) in [6, 6.07) is 21.5. The zero-order valence-corrected chi connectivity index (χ0v) is 19.6. The maximum atomic E-state index is 2.64. The van der Waals surface area contributed by atoms with Crippen molar-refractivity contribution in [2.24, 2.45) is 0 Å². The lowest BCUT2D eigenvalue weighted by atomic mass is 10.2. The Kier molecular flexibility index (Phi) is 6.25. The fourth-order valence-electron chi connectivity index (χ4n) is 2.98. The highest BCUT2D eigenvalue weighted by molar-refractivity contribution is 7.70. The van der Waals surface area contributed by atoms with Crippen molar-refractivity contribution in [3.63, 3.8) is 0 Å². The van der Waals surface area contributed by atoms with Crippen molar-refractivity contribution in [2.75, 3.05) is 0 Å². The van der Waals surface area contributed by atoms with Gasteiger partial charge in [-0.15, -0.1) is 0 Å². The average Bonchev–Trinajstić information content (AvgIpc) is 2.60. The van der Waals surface area contributed by atoms with E-state index in [-0.39, 0.29) is 0 Å². The molecule has 2 rings (SSSR count). The predicted molar refractivity (Wildman–Crippen MR) is 123 cm³/mol. The van der Waals surface area contributed by atoms with Gasteiger partial charge in [-0.05, 0) is 11.1 Å². The molecule has 132 valence electrons. The van der Waals surface area contributed by atoms with Crippen molar-refractivity contribution < 1.29 is 0 Å². The molecule has 0 bridgehead atoms. The third-order valence-corrected chi connectivity index (χ3v) is 46.6. The van der Waals surface area contributed by atoms with Crippen LogP contribution in [0, 0.1) is 0 Å². The summed E-state index contributed by atoms with van der Waals surface area (Å²) in [6.07, 6.45) is 4.73. The van der Waals surface area contributed by atoms with Gasteiger partial charge in [0.05, 0.1) is 15.2 Å². The van der Waals surface area contributed by atoms with Crippen molar-refractivity contribution in [3.8, 4) is 0 Å². The average molecular weight is 381 g/mol. The van der Waals surface area contributed by atoms with Crippen LogP contribution in [0.25, 0.3) is 12.2 Å². The maximum Gasteiger partial charge on any atom is 0.0626 e. The summed E-state index contributed by atoms with van der Waals surface area (Å²) in [7, 11) is -4.20. The normalized spacial score (nSPS) is 13.7. The summed E-state index contributed by atoms with van der Waals surface area (Å²) in [5.74, 6) is 0. The van der Waals surface area contributed by atoms with Crippen LogP contribution < -0.4 is 0 Å². The van der Waals surface area contributed by atoms with Gasteiger partial charge in [0, 0.05) is 7.11 Å². The molecule has 3 heteroatoms. The molecule has 2 aromatic rings. The van der Waals surface area contributed by atoms with Crippen LogP contribution in [0.2, 0.25) is 39.3 Å². The second-order valence-electron chi connectivity index (χ2n) is 8.56. The van der Waals surface area contributed by atoms with Crippen LogP contribution in [0.1, 0.15) is 11.1 Å². The minimum absolute atomic E-state index is 1.33. The molecule has 0 saturated heterocycles. The molecule has 0 saturated carbocycles. The van der Waals surface area contributed by atoms with Crippen LogP contribution >= 0.6 is 0 Å². The molecule has 0 spiro atoms. The van der Waals surface area contributed by atoms with E-state index in [1.54, 1.807) is 0 Å². The molecule has 0 unspecified atom stereocenters. The Labute approximate surface area is 156 Å². The lowest BCUT2D eigenvalue weighted by molar-refractivity contribution is 1.66. The zero-order chi connectivity index (χ0) is 18.6. The Morgan fingerprint density at radius 1 is 0.520 bits per heavy atom. The Hall–Kier alpha value is -1.43. The van der Waals surface area contributed by atoms with Crippen LogP contribution in [0.5, 0.6) is 0 Å². The molecule has 0 N–H and O–H groups in total. The molecule has 0 atom stereocenters. The number of rotatable bonds is 6. The molecule has 0 heterocycles. The zero-order valence-electron chi connectivity index (χ0n) is 16.6. The fraction of sp³-hybridized carbons (Fsp3) is 0.273. The quantitative estimate of drug-likeness (QED) is 0.485. The standard InChI is InChI=1S/C22H32Si3/c1-23(2,19-17-21-13-9-7-10-14-21)25(5,6)24(3,4)20-18-22-15-11-8-12-16-22/h7-20H,1-6H3/b19-17+,20-18+. The SMILES string of the molecule is C[Si](C)(/C=C/c1ccccc1)[Si](C)(C)[Si](C)(C)/C=C/c1ccccc1. The number of hydrogen-bond acceptors (Lipinski definition) is 0. The van der Waals surface area contributed by atoms with Crippen molar-refractivity contribution in [1.29, 1.82) is 0 Å². The summed E-state index contributed by atoms with van der Waals surface area (Å²) < 4.78 is 0. The van der Waals surface area contributed by atoms with Gasteiger partial charge in [-0.1, -0.05) is 123 Å². The van der Waals surface area contributed by atoms with Crippen LogP contribution in [-0.4, -0.2) is 22.3 Å². The van der Waals surface area contributed by atoms with Crippen molar-refractivity contribution in [2.45, 2.75) is 39.3 Å². The smallest absolute Gasteiger partial charge is 0.0626 e. The molecular formula is C22H32Si3. The summed E-state index contributed by atoms with van der Waals surface area (Å²) >= 11 is 0. The maximum absolute atomic E-state index is 2.64. The van der Waals surface area contributed by atoms with Crippen LogP contribution in [0.4, 0.5) is 0 Å². The molecule has 0 aromatic heterocycles. The van der Waals surface area contributed by atoms with E-state index >= 15 is 0 Å². The fourth-order valence-corrected chi connectivity index (χ4v) is 31.1. The Balaban J connectivity index is 2.24. The molecule has 0 aliphatic carbocycles. The van der Waals surface area contributed by atoms with Gasteiger partial charge in [-0.2, -0.15) is 0 Å². The molecule has 0 radical (unpaired) electrons. The van der Waals surface area contributed by atoms with Gasteiger partial charge in [-0.3, -0.25) is 0 Å². The highest BCUT2D eigenvalue weighted by atomic mass is 29.6. The summed E-state index contributed by atoms with van der Waals surface area (Å²) in [5, 5.41) is 0. The molecular weight excluding hydrogens is 349 g/mol. The second kappa shape index (κ2) is 7.85.